The third kappa shape index (κ3) is 12.9. The number of piperazine rings is 1. The van der Waals surface area contributed by atoms with Gasteiger partial charge in [0.2, 0.25) is 11.8 Å². The molecular formula is C45H51F6N3O3. The lowest BCUT2D eigenvalue weighted by Crippen LogP contribution is -2.56. The number of aryl methyl sites for hydroxylation is 2. The Morgan fingerprint density at radius 2 is 1.33 bits per heavy atom. The van der Waals surface area contributed by atoms with Crippen molar-refractivity contribution in [2.45, 2.75) is 76.8 Å². The molecule has 4 aromatic carbocycles. The van der Waals surface area contributed by atoms with E-state index in [9.17, 15) is 35.9 Å². The predicted molar refractivity (Wildman–Crippen MR) is 212 cm³/mol. The van der Waals surface area contributed by atoms with Gasteiger partial charge in [0, 0.05) is 57.3 Å². The highest BCUT2D eigenvalue weighted by atomic mass is 19.4. The molecule has 5 rings (SSSR count). The van der Waals surface area contributed by atoms with Gasteiger partial charge in [-0.25, -0.2) is 0 Å². The molecule has 0 unspecified atom stereocenters. The zero-order valence-electron chi connectivity index (χ0n) is 32.5. The van der Waals surface area contributed by atoms with E-state index in [-0.39, 0.29) is 36.9 Å². The van der Waals surface area contributed by atoms with Crippen LogP contribution in [0, 0.1) is 0 Å². The number of methoxy groups -OCH3 is 1. The zero-order chi connectivity index (χ0) is 41.6. The molecule has 57 heavy (non-hydrogen) atoms. The maximum absolute atomic E-state index is 14.6. The van der Waals surface area contributed by atoms with Crippen LogP contribution in [-0.4, -0.2) is 60.9 Å². The lowest BCUT2D eigenvalue weighted by molar-refractivity contribution is -0.146. The van der Waals surface area contributed by atoms with Crippen molar-refractivity contribution in [2.24, 2.45) is 0 Å². The second-order valence-corrected chi connectivity index (χ2v) is 13.9. The van der Waals surface area contributed by atoms with Crippen LogP contribution in [0.15, 0.2) is 110 Å². The van der Waals surface area contributed by atoms with Crippen LogP contribution in [0.5, 0.6) is 5.75 Å². The molecule has 1 aliphatic heterocycles. The molecule has 1 heterocycles. The molecule has 12 heteroatoms. The van der Waals surface area contributed by atoms with Crippen molar-refractivity contribution in [3.05, 3.63) is 144 Å². The number of halogens is 6. The number of hydrogen-bond donors (Lipinski definition) is 0. The summed E-state index contributed by atoms with van der Waals surface area (Å²) in [5.41, 5.74) is 0.479. The van der Waals surface area contributed by atoms with Gasteiger partial charge < -0.3 is 19.4 Å². The Hall–Kier alpha value is -5.26. The van der Waals surface area contributed by atoms with E-state index in [2.05, 4.69) is 25.0 Å². The normalized spacial score (nSPS) is 13.7. The van der Waals surface area contributed by atoms with E-state index in [1.54, 1.807) is 12.0 Å². The van der Waals surface area contributed by atoms with Gasteiger partial charge in [0.25, 0.3) is 0 Å². The monoisotopic (exact) mass is 795 g/mol. The number of nitrogens with zero attached hydrogens (tertiary/aromatic N) is 3. The Morgan fingerprint density at radius 1 is 0.719 bits per heavy atom. The van der Waals surface area contributed by atoms with Crippen molar-refractivity contribution >= 4 is 17.5 Å². The largest absolute Gasteiger partial charge is 0.497 e. The minimum Gasteiger partial charge on any atom is -0.497 e. The summed E-state index contributed by atoms with van der Waals surface area (Å²) in [7, 11) is 1.59. The summed E-state index contributed by atoms with van der Waals surface area (Å²) in [5.74, 6) is -0.124. The zero-order valence-corrected chi connectivity index (χ0v) is 32.5. The van der Waals surface area contributed by atoms with Crippen LogP contribution in [0.4, 0.5) is 32.0 Å². The number of rotatable bonds is 15. The topological polar surface area (TPSA) is 53.1 Å². The van der Waals surface area contributed by atoms with E-state index in [1.165, 1.54) is 4.90 Å². The Labute approximate surface area is 331 Å². The molecule has 1 atom stereocenters. The molecule has 2 amide bonds. The molecule has 0 spiro atoms. The summed E-state index contributed by atoms with van der Waals surface area (Å²) in [4.78, 5) is 34.3. The summed E-state index contributed by atoms with van der Waals surface area (Å²) in [6, 6.07) is 25.0. The molecule has 6 nitrogen and oxygen atoms in total. The maximum Gasteiger partial charge on any atom is 0.416 e. The fourth-order valence-electron chi connectivity index (χ4n) is 6.89. The number of anilines is 1. The number of unbranched alkanes of at least 4 members (excludes halogenated alkanes) is 2. The molecule has 1 fully saturated rings. The molecule has 0 N–H and O–H groups in total. The highest BCUT2D eigenvalue weighted by Gasteiger charge is 2.38. The van der Waals surface area contributed by atoms with E-state index in [0.29, 0.717) is 44.1 Å². The number of ether oxygens (including phenoxy) is 1. The Balaban J connectivity index is 0.00000354. The lowest BCUT2D eigenvalue weighted by Gasteiger charge is -2.40. The highest BCUT2D eigenvalue weighted by molar-refractivity contribution is 5.88. The summed E-state index contributed by atoms with van der Waals surface area (Å²) in [6.45, 7) is 9.96. The van der Waals surface area contributed by atoms with Crippen molar-refractivity contribution in [2.75, 3.05) is 38.2 Å². The average molecular weight is 796 g/mol. The van der Waals surface area contributed by atoms with Gasteiger partial charge >= 0.3 is 12.4 Å². The van der Waals surface area contributed by atoms with Gasteiger partial charge in [-0.15, -0.1) is 13.2 Å². The van der Waals surface area contributed by atoms with Crippen molar-refractivity contribution in [3.63, 3.8) is 0 Å². The van der Waals surface area contributed by atoms with Crippen LogP contribution in [0.2, 0.25) is 0 Å². The van der Waals surface area contributed by atoms with Crippen LogP contribution in [-0.2, 0) is 47.7 Å². The Kier molecular flexibility index (Phi) is 16.2. The molecule has 0 bridgehead atoms. The van der Waals surface area contributed by atoms with E-state index in [1.807, 2.05) is 78.9 Å². The SMILES string of the molecule is C=C.CCCCCc1ccc(CN(C(=O)CCc2cc(C(F)(F)F)cc(C(F)(F)F)c2)[C@@H](Cc2ccccc2)C(=O)N2CCN(c3cccc(OC)c3)CC2)cc1. The smallest absolute Gasteiger partial charge is 0.416 e. The van der Waals surface area contributed by atoms with Crippen LogP contribution in [0.3, 0.4) is 0 Å². The standard InChI is InChI=1S/C43H47F6N3O3.C2H4/c1-3-4-6-10-31-15-17-33(18-16-31)30-52(40(53)20-19-34-25-35(42(44,45)46)28-36(26-34)43(47,48)49)39(27-32-11-7-5-8-12-32)41(54)51-23-21-50(22-24-51)37-13-9-14-38(29-37)55-2;1-2/h5,7-9,11-18,25-26,28-29,39H,3-4,6,10,19-24,27,30H2,1-2H3;1-2H2/t39-;/m0./s1. The molecule has 0 aromatic heterocycles. The van der Waals surface area contributed by atoms with E-state index in [4.69, 9.17) is 4.74 Å². The number of amides is 2. The summed E-state index contributed by atoms with van der Waals surface area (Å²) in [6.07, 6.45) is -6.55. The van der Waals surface area contributed by atoms with E-state index >= 15 is 0 Å². The molecule has 1 saturated heterocycles. The summed E-state index contributed by atoms with van der Waals surface area (Å²) < 4.78 is 87.3. The first-order valence-corrected chi connectivity index (χ1v) is 19.1. The summed E-state index contributed by atoms with van der Waals surface area (Å²) in [5, 5.41) is 0. The highest BCUT2D eigenvalue weighted by Crippen LogP contribution is 2.37. The fourth-order valence-corrected chi connectivity index (χ4v) is 6.89. The Bertz CT molecular complexity index is 1840. The number of alkyl halides is 6. The van der Waals surface area contributed by atoms with Crippen molar-refractivity contribution in [1.29, 1.82) is 0 Å². The molecule has 0 saturated carbocycles. The van der Waals surface area contributed by atoms with Gasteiger partial charge in [0.05, 0.1) is 18.2 Å². The maximum atomic E-state index is 14.6. The van der Waals surface area contributed by atoms with Crippen molar-refractivity contribution in [1.82, 2.24) is 9.80 Å². The molecular weight excluding hydrogens is 745 g/mol. The number of hydrogen-bond acceptors (Lipinski definition) is 4. The molecule has 306 valence electrons. The predicted octanol–water partition coefficient (Wildman–Crippen LogP) is 10.2. The average Bonchev–Trinajstić information content (AvgIpc) is 3.22. The second-order valence-electron chi connectivity index (χ2n) is 13.9. The molecule has 1 aliphatic rings. The third-order valence-electron chi connectivity index (χ3n) is 9.98. The van der Waals surface area contributed by atoms with Crippen LogP contribution in [0.1, 0.15) is 66.0 Å². The minimum atomic E-state index is -5.02. The van der Waals surface area contributed by atoms with Gasteiger partial charge in [0.1, 0.15) is 11.8 Å². The number of carbonyl (C=O) groups excluding carboxylic acids is 2. The van der Waals surface area contributed by atoms with Crippen molar-refractivity contribution in [3.8, 4) is 5.75 Å². The third-order valence-corrected chi connectivity index (χ3v) is 9.98. The van der Waals surface area contributed by atoms with Gasteiger partial charge in [-0.3, -0.25) is 9.59 Å². The van der Waals surface area contributed by atoms with E-state index in [0.717, 1.165) is 48.1 Å². The van der Waals surface area contributed by atoms with Crippen LogP contribution in [0.25, 0.3) is 0 Å². The first-order chi connectivity index (χ1) is 27.2. The quantitative estimate of drug-likeness (QED) is 0.0683. The summed E-state index contributed by atoms with van der Waals surface area (Å²) >= 11 is 0. The molecule has 0 radical (unpaired) electrons. The fraction of sp³-hybridized carbons (Fsp3) is 0.378. The minimum absolute atomic E-state index is 0.0253. The number of carbonyl (C=O) groups is 2. The van der Waals surface area contributed by atoms with Crippen LogP contribution >= 0.6 is 0 Å². The number of benzene rings is 4. The van der Waals surface area contributed by atoms with Gasteiger partial charge in [-0.2, -0.15) is 26.3 Å². The Morgan fingerprint density at radius 3 is 1.91 bits per heavy atom. The first kappa shape index (κ1) is 44.5. The second kappa shape index (κ2) is 20.8. The first-order valence-electron chi connectivity index (χ1n) is 19.1. The van der Waals surface area contributed by atoms with E-state index < -0.39 is 41.8 Å². The van der Waals surface area contributed by atoms with Gasteiger partial charge in [-0.1, -0.05) is 80.4 Å². The van der Waals surface area contributed by atoms with Crippen LogP contribution < -0.4 is 9.64 Å². The van der Waals surface area contributed by atoms with Gasteiger partial charge in [0.15, 0.2) is 0 Å². The van der Waals surface area contributed by atoms with Gasteiger partial charge in [-0.05, 0) is 71.8 Å². The molecule has 4 aromatic rings. The molecule has 0 aliphatic carbocycles. The van der Waals surface area contributed by atoms with Crippen molar-refractivity contribution < 1.29 is 40.7 Å². The lowest BCUT2D eigenvalue weighted by atomic mass is 9.98.